The van der Waals surface area contributed by atoms with Gasteiger partial charge in [-0.15, -0.1) is 0 Å². The monoisotopic (exact) mass is 711 g/mol. The van der Waals surface area contributed by atoms with Gasteiger partial charge in [0.2, 0.25) is 0 Å². The van der Waals surface area contributed by atoms with E-state index in [4.69, 9.17) is 37.9 Å². The molecule has 1 rings (SSSR count). The number of hydrogen-bond acceptors (Lipinski definition) is 10. The Kier molecular flexibility index (Phi) is 29.1. The summed E-state index contributed by atoms with van der Waals surface area (Å²) in [7, 11) is 0. The fourth-order valence-corrected chi connectivity index (χ4v) is 4.02. The lowest BCUT2D eigenvalue weighted by Gasteiger charge is -2.09. The van der Waals surface area contributed by atoms with Gasteiger partial charge in [0.25, 0.3) is 0 Å². The molecule has 0 amide bonds. The smallest absolute Gasteiger partial charge is 0.338 e. The topological polar surface area (TPSA) is 103 Å². The van der Waals surface area contributed by atoms with Crippen LogP contribution < -0.4 is 5.32 Å². The number of unbranched alkanes of at least 4 members (excludes halogenated alkanes) is 4. The average molecular weight is 712 g/mol. The third kappa shape index (κ3) is 25.4. The first-order valence-corrected chi connectivity index (χ1v) is 16.9. The molecule has 0 heterocycles. The van der Waals surface area contributed by atoms with E-state index in [2.05, 4.69) is 34.8 Å². The number of rotatable bonds is 32. The zero-order chi connectivity index (χ0) is 30.2. The molecule has 0 aliphatic heterocycles. The van der Waals surface area contributed by atoms with Gasteiger partial charge in [0.15, 0.2) is 0 Å². The summed E-state index contributed by atoms with van der Waals surface area (Å²) in [5.74, 6) is -0.353. The van der Waals surface area contributed by atoms with Crippen molar-refractivity contribution < 1.29 is 42.7 Å². The first-order chi connectivity index (χ1) is 20.8. The lowest BCUT2D eigenvalue weighted by molar-refractivity contribution is -0.0223. The number of halogens is 1. The molecule has 0 aliphatic carbocycles. The lowest BCUT2D eigenvalue weighted by Crippen LogP contribution is -2.15. The maximum Gasteiger partial charge on any atom is 0.338 e. The molecular formula is C31H54INO9. The summed E-state index contributed by atoms with van der Waals surface area (Å²) in [4.78, 5) is 12.1. The molecule has 0 spiro atoms. The number of ether oxygens (including phenoxy) is 8. The molecule has 0 atom stereocenters. The Bertz CT molecular complexity index is 712. The van der Waals surface area contributed by atoms with Crippen LogP contribution in [-0.4, -0.2) is 116 Å². The van der Waals surface area contributed by atoms with Crippen LogP contribution in [0.3, 0.4) is 0 Å². The highest BCUT2D eigenvalue weighted by atomic mass is 127. The van der Waals surface area contributed by atoms with Crippen LogP contribution in [0.2, 0.25) is 0 Å². The van der Waals surface area contributed by atoms with Gasteiger partial charge in [-0.1, -0.05) is 48.8 Å². The quantitative estimate of drug-likeness (QED) is 0.0467. The minimum absolute atomic E-state index is 0.200. The summed E-state index contributed by atoms with van der Waals surface area (Å²) in [5.41, 5.74) is 1.53. The van der Waals surface area contributed by atoms with Crippen molar-refractivity contribution in [3.63, 3.8) is 0 Å². The Morgan fingerprint density at radius 2 is 1.00 bits per heavy atom. The molecule has 1 N–H and O–H groups in total. The van der Waals surface area contributed by atoms with Gasteiger partial charge in [-0.05, 0) is 48.0 Å². The molecule has 11 heteroatoms. The molecule has 0 aliphatic rings. The SMILES string of the molecule is CCCCNc1ccc(C(=O)OCCOCCOCCOCCOCCOCCOCCOCCCCCCI)cc1. The minimum atomic E-state index is -0.353. The number of anilines is 1. The summed E-state index contributed by atoms with van der Waals surface area (Å²) >= 11 is 2.42. The molecule has 0 bridgehead atoms. The summed E-state index contributed by atoms with van der Waals surface area (Å²) in [6.45, 7) is 10.7. The van der Waals surface area contributed by atoms with E-state index in [1.54, 1.807) is 12.1 Å². The van der Waals surface area contributed by atoms with Gasteiger partial charge in [0, 0.05) is 18.8 Å². The van der Waals surface area contributed by atoms with Crippen LogP contribution >= 0.6 is 22.6 Å². The second kappa shape index (κ2) is 31.4. The van der Waals surface area contributed by atoms with Gasteiger partial charge in [-0.25, -0.2) is 4.79 Å². The number of alkyl halides is 1. The zero-order valence-corrected chi connectivity index (χ0v) is 27.8. The zero-order valence-electron chi connectivity index (χ0n) is 25.6. The second-order valence-electron chi connectivity index (χ2n) is 9.38. The molecule has 1 aromatic carbocycles. The largest absolute Gasteiger partial charge is 0.460 e. The number of carbonyl (C=O) groups excluding carboxylic acids is 1. The highest BCUT2D eigenvalue weighted by Crippen LogP contribution is 2.11. The van der Waals surface area contributed by atoms with E-state index in [-0.39, 0.29) is 12.6 Å². The van der Waals surface area contributed by atoms with Crippen molar-refractivity contribution in [2.45, 2.75) is 45.4 Å². The number of carbonyl (C=O) groups is 1. The summed E-state index contributed by atoms with van der Waals surface area (Å²) in [6.07, 6.45) is 7.22. The van der Waals surface area contributed by atoms with Crippen LogP contribution in [0, 0.1) is 0 Å². The van der Waals surface area contributed by atoms with Gasteiger partial charge in [0.1, 0.15) is 6.61 Å². The fourth-order valence-electron chi connectivity index (χ4n) is 3.48. The molecular weight excluding hydrogens is 657 g/mol. The van der Waals surface area contributed by atoms with Crippen molar-refractivity contribution in [2.24, 2.45) is 0 Å². The highest BCUT2D eigenvalue weighted by molar-refractivity contribution is 14.1. The third-order valence-corrected chi connectivity index (χ3v) is 6.61. The van der Waals surface area contributed by atoms with E-state index in [1.807, 2.05) is 12.1 Å². The number of nitrogens with one attached hydrogen (secondary N) is 1. The summed E-state index contributed by atoms with van der Waals surface area (Å²) < 4.78 is 44.9. The molecule has 0 saturated carbocycles. The molecule has 244 valence electrons. The Hall–Kier alpha value is -1.06. The van der Waals surface area contributed by atoms with Crippen molar-refractivity contribution in [3.05, 3.63) is 29.8 Å². The molecule has 10 nitrogen and oxygen atoms in total. The van der Waals surface area contributed by atoms with Gasteiger partial charge >= 0.3 is 5.97 Å². The summed E-state index contributed by atoms with van der Waals surface area (Å²) in [5, 5.41) is 3.32. The fraction of sp³-hybridized carbons (Fsp3) is 0.774. The normalized spacial score (nSPS) is 11.2. The number of benzene rings is 1. The van der Waals surface area contributed by atoms with E-state index in [0.29, 0.717) is 91.5 Å². The minimum Gasteiger partial charge on any atom is -0.460 e. The van der Waals surface area contributed by atoms with Crippen LogP contribution in [0.4, 0.5) is 5.69 Å². The van der Waals surface area contributed by atoms with Gasteiger partial charge in [-0.2, -0.15) is 0 Å². The molecule has 1 aromatic rings. The summed E-state index contributed by atoms with van der Waals surface area (Å²) in [6, 6.07) is 7.31. The van der Waals surface area contributed by atoms with Crippen LogP contribution in [0.5, 0.6) is 0 Å². The van der Waals surface area contributed by atoms with E-state index in [9.17, 15) is 4.79 Å². The van der Waals surface area contributed by atoms with Crippen LogP contribution in [0.15, 0.2) is 24.3 Å². The predicted octanol–water partition coefficient (Wildman–Crippen LogP) is 5.17. The van der Waals surface area contributed by atoms with E-state index in [0.717, 1.165) is 38.1 Å². The van der Waals surface area contributed by atoms with Crippen molar-refractivity contribution in [1.29, 1.82) is 0 Å². The van der Waals surface area contributed by atoms with Gasteiger partial charge in [-0.3, -0.25) is 0 Å². The van der Waals surface area contributed by atoms with E-state index in [1.165, 1.54) is 23.7 Å². The molecule has 0 unspecified atom stereocenters. The third-order valence-electron chi connectivity index (χ3n) is 5.85. The Morgan fingerprint density at radius 3 is 1.45 bits per heavy atom. The first-order valence-electron chi connectivity index (χ1n) is 15.4. The molecule has 42 heavy (non-hydrogen) atoms. The maximum absolute atomic E-state index is 12.1. The van der Waals surface area contributed by atoms with Gasteiger partial charge in [0.05, 0.1) is 91.5 Å². The highest BCUT2D eigenvalue weighted by Gasteiger charge is 2.06. The molecule has 0 radical (unpaired) electrons. The Labute approximate surface area is 266 Å². The molecule has 0 aromatic heterocycles. The first kappa shape index (κ1) is 39.0. The van der Waals surface area contributed by atoms with Crippen LogP contribution in [-0.2, 0) is 37.9 Å². The van der Waals surface area contributed by atoms with E-state index >= 15 is 0 Å². The lowest BCUT2D eigenvalue weighted by atomic mass is 10.2. The van der Waals surface area contributed by atoms with Crippen molar-refractivity contribution >= 4 is 34.2 Å². The van der Waals surface area contributed by atoms with Gasteiger partial charge < -0.3 is 43.2 Å². The van der Waals surface area contributed by atoms with Crippen molar-refractivity contribution in [2.75, 3.05) is 115 Å². The number of esters is 1. The Balaban J connectivity index is 1.74. The van der Waals surface area contributed by atoms with E-state index < -0.39 is 0 Å². The second-order valence-corrected chi connectivity index (χ2v) is 10.5. The standard InChI is InChI=1S/C31H54INO9/c1-2-3-13-33-30-10-8-29(9-11-30)31(34)42-28-27-41-26-25-40-24-23-39-22-21-38-20-19-37-18-17-36-16-15-35-14-7-5-4-6-12-32/h8-11,33H,2-7,12-28H2,1H3. The predicted molar refractivity (Wildman–Crippen MR) is 173 cm³/mol. The maximum atomic E-state index is 12.1. The van der Waals surface area contributed by atoms with Crippen LogP contribution in [0.25, 0.3) is 0 Å². The average Bonchev–Trinajstić information content (AvgIpc) is 3.01. The Morgan fingerprint density at radius 1 is 0.571 bits per heavy atom. The van der Waals surface area contributed by atoms with Crippen molar-refractivity contribution in [3.8, 4) is 0 Å². The molecule has 0 fully saturated rings. The number of hydrogen-bond donors (Lipinski definition) is 1. The van der Waals surface area contributed by atoms with Crippen molar-refractivity contribution in [1.82, 2.24) is 0 Å². The van der Waals surface area contributed by atoms with Crippen LogP contribution in [0.1, 0.15) is 55.8 Å². The molecule has 0 saturated heterocycles.